The summed E-state index contributed by atoms with van der Waals surface area (Å²) in [4.78, 5) is 6.67. The van der Waals surface area contributed by atoms with Crippen LogP contribution in [0.3, 0.4) is 0 Å². The molecule has 19 heavy (non-hydrogen) atoms. The van der Waals surface area contributed by atoms with Crippen molar-refractivity contribution in [3.63, 3.8) is 0 Å². The number of aryl methyl sites for hydroxylation is 1. The van der Waals surface area contributed by atoms with E-state index in [1.807, 2.05) is 12.1 Å². The third kappa shape index (κ3) is 5.75. The first-order valence-electron chi connectivity index (χ1n) is 7.07. The lowest BCUT2D eigenvalue weighted by molar-refractivity contribution is 0.313. The molecule has 0 aliphatic heterocycles. The highest BCUT2D eigenvalue weighted by Crippen LogP contribution is 2.09. The van der Waals surface area contributed by atoms with Crippen LogP contribution in [-0.2, 0) is 6.42 Å². The zero-order chi connectivity index (χ0) is 14.1. The summed E-state index contributed by atoms with van der Waals surface area (Å²) >= 11 is 0. The summed E-state index contributed by atoms with van der Waals surface area (Å²) in [5.74, 6) is 0.483. The number of likely N-dealkylation sites (N-methyl/N-ethyl adjacent to an activating group) is 1. The number of benzene rings is 1. The van der Waals surface area contributed by atoms with Gasteiger partial charge in [-0.1, -0.05) is 32.9 Å². The van der Waals surface area contributed by atoms with E-state index in [0.29, 0.717) is 5.96 Å². The maximum Gasteiger partial charge on any atom is 0.193 e. The molecule has 0 amide bonds. The van der Waals surface area contributed by atoms with Crippen molar-refractivity contribution in [2.24, 2.45) is 10.7 Å². The van der Waals surface area contributed by atoms with Crippen LogP contribution < -0.4 is 11.1 Å². The molecule has 1 rings (SSSR count). The fourth-order valence-corrected chi connectivity index (χ4v) is 1.86. The number of hydrogen-bond acceptors (Lipinski definition) is 2. The van der Waals surface area contributed by atoms with E-state index >= 15 is 0 Å². The largest absolute Gasteiger partial charge is 0.370 e. The fourth-order valence-electron chi connectivity index (χ4n) is 1.86. The van der Waals surface area contributed by atoms with E-state index in [1.54, 1.807) is 0 Å². The van der Waals surface area contributed by atoms with Gasteiger partial charge in [0, 0.05) is 12.2 Å². The monoisotopic (exact) mass is 262 g/mol. The molecule has 0 heterocycles. The van der Waals surface area contributed by atoms with E-state index in [-0.39, 0.29) is 0 Å². The van der Waals surface area contributed by atoms with Crippen molar-refractivity contribution in [1.29, 1.82) is 0 Å². The summed E-state index contributed by atoms with van der Waals surface area (Å²) in [6, 6.07) is 8.27. The summed E-state index contributed by atoms with van der Waals surface area (Å²) in [7, 11) is 0. The maximum atomic E-state index is 5.87. The van der Waals surface area contributed by atoms with Crippen molar-refractivity contribution >= 4 is 11.6 Å². The second-order valence-corrected chi connectivity index (χ2v) is 4.47. The van der Waals surface area contributed by atoms with Crippen LogP contribution in [0.25, 0.3) is 0 Å². The van der Waals surface area contributed by atoms with Crippen molar-refractivity contribution in [1.82, 2.24) is 4.90 Å². The average Bonchev–Trinajstić information content (AvgIpc) is 2.44. The Bertz CT molecular complexity index is 380. The van der Waals surface area contributed by atoms with Crippen LogP contribution in [0.15, 0.2) is 29.3 Å². The lowest BCUT2D eigenvalue weighted by Gasteiger charge is -2.16. The third-order valence-corrected chi connectivity index (χ3v) is 3.23. The van der Waals surface area contributed by atoms with Crippen LogP contribution in [0, 0.1) is 0 Å². The first kappa shape index (κ1) is 15.5. The van der Waals surface area contributed by atoms with Gasteiger partial charge in [0.25, 0.3) is 0 Å². The Morgan fingerprint density at radius 1 is 1.16 bits per heavy atom. The molecule has 0 unspecified atom stereocenters. The van der Waals surface area contributed by atoms with Gasteiger partial charge < -0.3 is 16.0 Å². The molecule has 4 nitrogen and oxygen atoms in total. The first-order chi connectivity index (χ1) is 9.19. The van der Waals surface area contributed by atoms with Crippen LogP contribution in [0.4, 0.5) is 5.69 Å². The Hall–Kier alpha value is -1.55. The van der Waals surface area contributed by atoms with Crippen molar-refractivity contribution in [3.05, 3.63) is 29.8 Å². The van der Waals surface area contributed by atoms with Gasteiger partial charge in [0.15, 0.2) is 5.96 Å². The molecule has 0 spiro atoms. The van der Waals surface area contributed by atoms with Gasteiger partial charge in [-0.05, 0) is 37.2 Å². The number of aliphatic imine (C=N–C) groups is 1. The van der Waals surface area contributed by atoms with Crippen LogP contribution in [0.5, 0.6) is 0 Å². The van der Waals surface area contributed by atoms with Crippen LogP contribution in [0.2, 0.25) is 0 Å². The molecule has 0 radical (unpaired) electrons. The van der Waals surface area contributed by atoms with Gasteiger partial charge in [-0.2, -0.15) is 0 Å². The van der Waals surface area contributed by atoms with E-state index in [4.69, 9.17) is 5.73 Å². The minimum absolute atomic E-state index is 0.483. The van der Waals surface area contributed by atoms with Gasteiger partial charge in [0.1, 0.15) is 0 Å². The Morgan fingerprint density at radius 3 is 2.32 bits per heavy atom. The quantitative estimate of drug-likeness (QED) is 0.585. The second-order valence-electron chi connectivity index (χ2n) is 4.47. The minimum Gasteiger partial charge on any atom is -0.370 e. The number of hydrogen-bond donors (Lipinski definition) is 2. The molecule has 0 saturated heterocycles. The Morgan fingerprint density at radius 2 is 1.79 bits per heavy atom. The van der Waals surface area contributed by atoms with E-state index < -0.39 is 0 Å². The van der Waals surface area contributed by atoms with E-state index in [2.05, 4.69) is 48.1 Å². The molecule has 0 aliphatic rings. The number of guanidine groups is 1. The predicted molar refractivity (Wildman–Crippen MR) is 83.7 cm³/mol. The molecule has 0 aromatic heterocycles. The third-order valence-electron chi connectivity index (χ3n) is 3.23. The normalized spacial score (nSPS) is 11.9. The summed E-state index contributed by atoms with van der Waals surface area (Å²) in [6.45, 7) is 10.2. The van der Waals surface area contributed by atoms with Crippen molar-refractivity contribution in [2.75, 3.05) is 31.5 Å². The van der Waals surface area contributed by atoms with Crippen LogP contribution >= 0.6 is 0 Å². The molecule has 4 heteroatoms. The molecule has 0 aliphatic carbocycles. The van der Waals surface area contributed by atoms with Crippen LogP contribution in [0.1, 0.15) is 26.3 Å². The molecular weight excluding hydrogens is 236 g/mol. The maximum absolute atomic E-state index is 5.87. The van der Waals surface area contributed by atoms with Gasteiger partial charge in [0.05, 0.1) is 6.54 Å². The smallest absolute Gasteiger partial charge is 0.193 e. The van der Waals surface area contributed by atoms with E-state index in [0.717, 1.165) is 38.3 Å². The SMILES string of the molecule is CCc1ccc(NC(N)=NCCN(CC)CC)cc1. The summed E-state index contributed by atoms with van der Waals surface area (Å²) in [5, 5.41) is 3.11. The minimum atomic E-state index is 0.483. The Kier molecular flexibility index (Phi) is 6.97. The second kappa shape index (κ2) is 8.53. The fraction of sp³-hybridized carbons (Fsp3) is 0.533. The molecule has 1 aromatic rings. The standard InChI is InChI=1S/C15H26N4/c1-4-13-7-9-14(10-8-13)18-15(16)17-11-12-19(5-2)6-3/h7-10H,4-6,11-12H2,1-3H3,(H3,16,17,18). The summed E-state index contributed by atoms with van der Waals surface area (Å²) in [6.07, 6.45) is 1.05. The Labute approximate surface area is 116 Å². The molecule has 0 fully saturated rings. The highest BCUT2D eigenvalue weighted by Gasteiger charge is 1.98. The first-order valence-corrected chi connectivity index (χ1v) is 7.07. The molecule has 106 valence electrons. The zero-order valence-corrected chi connectivity index (χ0v) is 12.3. The number of nitrogens with two attached hydrogens (primary N) is 1. The average molecular weight is 262 g/mol. The lowest BCUT2D eigenvalue weighted by Crippen LogP contribution is -2.28. The van der Waals surface area contributed by atoms with Gasteiger partial charge in [-0.15, -0.1) is 0 Å². The van der Waals surface area contributed by atoms with Crippen molar-refractivity contribution in [2.45, 2.75) is 27.2 Å². The molecule has 0 atom stereocenters. The number of rotatable bonds is 7. The number of nitrogens with zero attached hydrogens (tertiary/aromatic N) is 2. The number of anilines is 1. The topological polar surface area (TPSA) is 53.6 Å². The highest BCUT2D eigenvalue weighted by molar-refractivity contribution is 5.92. The summed E-state index contributed by atoms with van der Waals surface area (Å²) < 4.78 is 0. The van der Waals surface area contributed by atoms with Gasteiger partial charge in [-0.25, -0.2) is 0 Å². The van der Waals surface area contributed by atoms with Gasteiger partial charge in [0.2, 0.25) is 0 Å². The van der Waals surface area contributed by atoms with Gasteiger partial charge >= 0.3 is 0 Å². The number of nitrogens with one attached hydrogen (secondary N) is 1. The summed E-state index contributed by atoms with van der Waals surface area (Å²) in [5.41, 5.74) is 8.17. The highest BCUT2D eigenvalue weighted by atomic mass is 15.1. The van der Waals surface area contributed by atoms with E-state index in [9.17, 15) is 0 Å². The molecule has 0 bridgehead atoms. The molecule has 0 saturated carbocycles. The zero-order valence-electron chi connectivity index (χ0n) is 12.3. The molecule has 1 aromatic carbocycles. The van der Waals surface area contributed by atoms with Gasteiger partial charge in [-0.3, -0.25) is 4.99 Å². The molecular formula is C15H26N4. The molecule has 3 N–H and O–H groups in total. The van der Waals surface area contributed by atoms with E-state index in [1.165, 1.54) is 5.56 Å². The van der Waals surface area contributed by atoms with Crippen molar-refractivity contribution in [3.8, 4) is 0 Å². The van der Waals surface area contributed by atoms with Crippen molar-refractivity contribution < 1.29 is 0 Å². The lowest BCUT2D eigenvalue weighted by atomic mass is 10.1. The predicted octanol–water partition coefficient (Wildman–Crippen LogP) is 2.32. The Balaban J connectivity index is 2.42. The van der Waals surface area contributed by atoms with Crippen LogP contribution in [-0.4, -0.2) is 37.0 Å².